The first-order valence-corrected chi connectivity index (χ1v) is 10.9. The van der Waals surface area contributed by atoms with Gasteiger partial charge in [-0.1, -0.05) is 22.7 Å². The Balaban J connectivity index is 1.62. The van der Waals surface area contributed by atoms with E-state index >= 15 is 0 Å². The second-order valence-corrected chi connectivity index (χ2v) is 8.51. The third-order valence-corrected chi connectivity index (χ3v) is 5.81. The zero-order chi connectivity index (χ0) is 19.5. The number of aryl methyl sites for hydroxylation is 2. The van der Waals surface area contributed by atoms with Crippen LogP contribution in [0.25, 0.3) is 0 Å². The Morgan fingerprint density at radius 2 is 1.26 bits per heavy atom. The lowest BCUT2D eigenvalue weighted by Gasteiger charge is -1.98. The normalized spacial score (nSPS) is 10.7. The Labute approximate surface area is 167 Å². The largest absolute Gasteiger partial charge is 0.396 e. The van der Waals surface area contributed by atoms with Gasteiger partial charge in [-0.2, -0.15) is 11.8 Å². The maximum atomic E-state index is 11.4. The van der Waals surface area contributed by atoms with Gasteiger partial charge in [-0.3, -0.25) is 9.59 Å². The summed E-state index contributed by atoms with van der Waals surface area (Å²) in [5.74, 6) is 1.16. The van der Waals surface area contributed by atoms with Crippen LogP contribution in [0.1, 0.15) is 22.9 Å². The molecule has 2 rings (SSSR count). The van der Waals surface area contributed by atoms with Crippen molar-refractivity contribution in [3.63, 3.8) is 0 Å². The Morgan fingerprint density at radius 1 is 0.815 bits per heavy atom. The topological polar surface area (TPSA) is 150 Å². The maximum Gasteiger partial charge on any atom is 0.228 e. The average Bonchev–Trinajstić information content (AvgIpc) is 3.24. The molecule has 0 bridgehead atoms. The summed E-state index contributed by atoms with van der Waals surface area (Å²) >= 11 is 4.40. The number of carbonyl (C=O) groups is 2. The Hall–Kier alpha value is -1.67. The van der Waals surface area contributed by atoms with E-state index in [9.17, 15) is 9.59 Å². The molecule has 0 aliphatic carbocycles. The lowest BCUT2D eigenvalue weighted by atomic mass is 10.4. The van der Waals surface area contributed by atoms with Crippen molar-refractivity contribution < 1.29 is 19.8 Å². The summed E-state index contributed by atoms with van der Waals surface area (Å²) in [7, 11) is 0. The molecule has 0 saturated heterocycles. The fraction of sp³-hybridized carbons (Fsp3) is 0.571. The molecule has 148 valence electrons. The monoisotopic (exact) mass is 432 g/mol. The molecule has 0 radical (unpaired) electrons. The van der Waals surface area contributed by atoms with Crippen LogP contribution in [0, 0.1) is 0 Å². The minimum Gasteiger partial charge on any atom is -0.396 e. The Bertz CT molecular complexity index is 678. The summed E-state index contributed by atoms with van der Waals surface area (Å²) in [4.78, 5) is 22.7. The molecule has 2 heterocycles. The van der Waals surface area contributed by atoms with Gasteiger partial charge in [-0.25, -0.2) is 0 Å². The zero-order valence-corrected chi connectivity index (χ0v) is 16.8. The van der Waals surface area contributed by atoms with Crippen molar-refractivity contribution in [3.05, 3.63) is 10.0 Å². The van der Waals surface area contributed by atoms with Gasteiger partial charge in [0.25, 0.3) is 0 Å². The van der Waals surface area contributed by atoms with Crippen LogP contribution in [0.5, 0.6) is 0 Å². The summed E-state index contributed by atoms with van der Waals surface area (Å²) in [5, 5.41) is 41.0. The first-order chi connectivity index (χ1) is 13.1. The molecule has 0 atom stereocenters. The molecule has 27 heavy (non-hydrogen) atoms. The molecule has 4 N–H and O–H groups in total. The van der Waals surface area contributed by atoms with E-state index in [0.29, 0.717) is 10.3 Å². The van der Waals surface area contributed by atoms with Crippen LogP contribution in [0.2, 0.25) is 0 Å². The number of nitrogens with zero attached hydrogens (tertiary/aromatic N) is 4. The van der Waals surface area contributed by atoms with E-state index in [1.54, 1.807) is 11.8 Å². The third-order valence-electron chi connectivity index (χ3n) is 3.02. The fourth-order valence-electron chi connectivity index (χ4n) is 1.80. The summed E-state index contributed by atoms with van der Waals surface area (Å²) in [5.41, 5.74) is 0. The van der Waals surface area contributed by atoms with E-state index in [-0.39, 0.29) is 37.9 Å². The fourth-order valence-corrected chi connectivity index (χ4v) is 4.45. The zero-order valence-electron chi connectivity index (χ0n) is 14.4. The molecule has 13 heteroatoms. The van der Waals surface area contributed by atoms with Crippen molar-refractivity contribution in [1.82, 2.24) is 20.4 Å². The Kier molecular flexibility index (Phi) is 9.55. The summed E-state index contributed by atoms with van der Waals surface area (Å²) in [6.07, 6.45) is 1.58. The molecular formula is C14H20N6O4S3. The number of aromatic nitrogens is 4. The van der Waals surface area contributed by atoms with E-state index in [1.807, 2.05) is 0 Å². The first-order valence-electron chi connectivity index (χ1n) is 8.14. The predicted octanol–water partition coefficient (Wildman–Crippen LogP) is 0.550. The van der Waals surface area contributed by atoms with Crippen molar-refractivity contribution in [2.75, 3.05) is 35.4 Å². The van der Waals surface area contributed by atoms with Gasteiger partial charge in [-0.15, -0.1) is 20.4 Å². The summed E-state index contributed by atoms with van der Waals surface area (Å²) in [6.45, 7) is -0.390. The standard InChI is InChI=1S/C14H20N6O4S3/c21-5-1-9(23)15-13-19-17-11(26-13)3-7-25-8-4-12-18-20-14(27-12)16-10(24)2-6-22/h21-22H,1-8H2,(H,15,19,23)(H,16,20,24). The first kappa shape index (κ1) is 21.6. The number of anilines is 2. The number of aliphatic hydroxyl groups is 2. The minimum atomic E-state index is -0.279. The molecule has 0 aliphatic heterocycles. The molecule has 0 unspecified atom stereocenters. The van der Waals surface area contributed by atoms with E-state index < -0.39 is 0 Å². The highest BCUT2D eigenvalue weighted by molar-refractivity contribution is 7.99. The van der Waals surface area contributed by atoms with Crippen molar-refractivity contribution in [2.24, 2.45) is 0 Å². The van der Waals surface area contributed by atoms with Crippen LogP contribution < -0.4 is 10.6 Å². The van der Waals surface area contributed by atoms with Crippen LogP contribution in [0.3, 0.4) is 0 Å². The van der Waals surface area contributed by atoms with Crippen molar-refractivity contribution >= 4 is 56.5 Å². The summed E-state index contributed by atoms with van der Waals surface area (Å²) in [6, 6.07) is 0. The molecule has 2 aromatic rings. The minimum absolute atomic E-state index is 0.0448. The number of nitrogens with one attached hydrogen (secondary N) is 2. The van der Waals surface area contributed by atoms with Gasteiger partial charge >= 0.3 is 0 Å². The van der Waals surface area contributed by atoms with Gasteiger partial charge in [0.15, 0.2) is 0 Å². The molecule has 2 amide bonds. The van der Waals surface area contributed by atoms with E-state index in [0.717, 1.165) is 34.4 Å². The third kappa shape index (κ3) is 8.26. The van der Waals surface area contributed by atoms with Crippen molar-refractivity contribution in [1.29, 1.82) is 0 Å². The number of hydrogen-bond acceptors (Lipinski definition) is 11. The molecule has 0 aliphatic rings. The second kappa shape index (κ2) is 11.9. The van der Waals surface area contributed by atoms with E-state index in [2.05, 4.69) is 31.0 Å². The number of aliphatic hydroxyl groups excluding tert-OH is 2. The van der Waals surface area contributed by atoms with Gasteiger partial charge in [0.2, 0.25) is 22.1 Å². The van der Waals surface area contributed by atoms with Gasteiger partial charge in [0.1, 0.15) is 10.0 Å². The molecule has 0 spiro atoms. The van der Waals surface area contributed by atoms with Crippen LogP contribution in [-0.2, 0) is 22.4 Å². The van der Waals surface area contributed by atoms with Crippen LogP contribution in [0.4, 0.5) is 10.3 Å². The van der Waals surface area contributed by atoms with Crippen molar-refractivity contribution in [3.8, 4) is 0 Å². The molecule has 10 nitrogen and oxygen atoms in total. The second-order valence-electron chi connectivity index (χ2n) is 5.16. The molecule has 0 saturated carbocycles. The highest BCUT2D eigenvalue weighted by Gasteiger charge is 2.09. The lowest BCUT2D eigenvalue weighted by Crippen LogP contribution is -2.12. The summed E-state index contributed by atoms with van der Waals surface area (Å²) < 4.78 is 0. The van der Waals surface area contributed by atoms with Gasteiger partial charge in [-0.05, 0) is 11.5 Å². The molecule has 0 fully saturated rings. The smallest absolute Gasteiger partial charge is 0.228 e. The molecular weight excluding hydrogens is 412 g/mol. The number of amides is 2. The number of thioether (sulfide) groups is 1. The lowest BCUT2D eigenvalue weighted by molar-refractivity contribution is -0.117. The van der Waals surface area contributed by atoms with E-state index in [4.69, 9.17) is 10.2 Å². The van der Waals surface area contributed by atoms with E-state index in [1.165, 1.54) is 22.7 Å². The number of rotatable bonds is 12. The number of hydrogen-bond donors (Lipinski definition) is 4. The maximum absolute atomic E-state index is 11.4. The molecule has 2 aromatic heterocycles. The van der Waals surface area contributed by atoms with Crippen LogP contribution in [-0.4, -0.2) is 67.1 Å². The SMILES string of the molecule is O=C(CCO)Nc1nnc(CCSCCc2nnc(NC(=O)CCO)s2)s1. The highest BCUT2D eigenvalue weighted by atomic mass is 32.2. The van der Waals surface area contributed by atoms with Crippen LogP contribution in [0.15, 0.2) is 0 Å². The Morgan fingerprint density at radius 3 is 1.67 bits per heavy atom. The quantitative estimate of drug-likeness (QED) is 0.352. The average molecular weight is 433 g/mol. The van der Waals surface area contributed by atoms with Gasteiger partial charge < -0.3 is 20.8 Å². The number of carbonyl (C=O) groups excluding carboxylic acids is 2. The predicted molar refractivity (Wildman–Crippen MR) is 105 cm³/mol. The van der Waals surface area contributed by atoms with Crippen molar-refractivity contribution in [2.45, 2.75) is 25.7 Å². The highest BCUT2D eigenvalue weighted by Crippen LogP contribution is 2.19. The van der Waals surface area contributed by atoms with Crippen LogP contribution >= 0.6 is 34.4 Å². The van der Waals surface area contributed by atoms with Gasteiger partial charge in [0.05, 0.1) is 26.1 Å². The van der Waals surface area contributed by atoms with Gasteiger partial charge in [0, 0.05) is 12.8 Å². The molecule has 0 aromatic carbocycles.